The highest BCUT2D eigenvalue weighted by molar-refractivity contribution is 6.47. The van der Waals surface area contributed by atoms with Crippen LogP contribution in [0.5, 0.6) is 5.75 Å². The second-order valence-corrected chi connectivity index (χ2v) is 7.22. The Bertz CT molecular complexity index is 704. The molecule has 0 radical (unpaired) electrons. The van der Waals surface area contributed by atoms with Crippen LogP contribution in [0.15, 0.2) is 18.2 Å². The van der Waals surface area contributed by atoms with Crippen LogP contribution >= 0.6 is 0 Å². The minimum Gasteiger partial charge on any atom is -0.534 e. The highest BCUT2D eigenvalue weighted by Gasteiger charge is 2.40. The predicted octanol–water partition coefficient (Wildman–Crippen LogP) is -0.153. The number of benzene rings is 1. The molecule has 0 unspecified atom stereocenters. The molecule has 1 aliphatic carbocycles. The Balaban J connectivity index is 1.65. The van der Waals surface area contributed by atoms with E-state index in [-0.39, 0.29) is 36.1 Å². The Morgan fingerprint density at radius 2 is 2.04 bits per heavy atom. The Kier molecular flexibility index (Phi) is 5.22. The van der Waals surface area contributed by atoms with Gasteiger partial charge >= 0.3 is 13.1 Å². The van der Waals surface area contributed by atoms with E-state index in [2.05, 4.69) is 5.32 Å². The molecule has 9 heteroatoms. The molecular weight excluding hydrogens is 339 g/mol. The summed E-state index contributed by atoms with van der Waals surface area (Å²) in [5.41, 5.74) is 5.33. The van der Waals surface area contributed by atoms with Crippen molar-refractivity contribution in [1.82, 2.24) is 5.32 Å². The number of fused-ring (bicyclic) bond motifs is 1. The van der Waals surface area contributed by atoms with E-state index in [9.17, 15) is 24.8 Å². The molecule has 1 aliphatic heterocycles. The number of aliphatic hydroxyl groups is 1. The first-order valence-corrected chi connectivity index (χ1v) is 8.75. The molecule has 1 fully saturated rings. The van der Waals surface area contributed by atoms with Crippen LogP contribution in [0, 0.1) is 0 Å². The quantitative estimate of drug-likeness (QED) is 0.469. The van der Waals surface area contributed by atoms with E-state index in [1.807, 2.05) is 0 Å². The maximum Gasteiger partial charge on any atom is 0.547 e. The third kappa shape index (κ3) is 4.00. The zero-order valence-corrected chi connectivity index (χ0v) is 14.4. The van der Waals surface area contributed by atoms with Crippen molar-refractivity contribution in [2.24, 2.45) is 5.73 Å². The molecule has 1 atom stereocenters. The fraction of sp³-hybridized carbons (Fsp3) is 0.529. The van der Waals surface area contributed by atoms with Gasteiger partial charge < -0.3 is 30.9 Å². The van der Waals surface area contributed by atoms with Gasteiger partial charge in [-0.2, -0.15) is 0 Å². The van der Waals surface area contributed by atoms with E-state index in [1.165, 1.54) is 6.07 Å². The fourth-order valence-corrected chi connectivity index (χ4v) is 3.63. The zero-order chi connectivity index (χ0) is 18.9. The van der Waals surface area contributed by atoms with Gasteiger partial charge in [0.1, 0.15) is 5.75 Å². The summed E-state index contributed by atoms with van der Waals surface area (Å²) in [4.78, 5) is 23.6. The van der Waals surface area contributed by atoms with Crippen molar-refractivity contribution < 1.29 is 29.5 Å². The summed E-state index contributed by atoms with van der Waals surface area (Å²) in [5, 5.41) is 32.6. The number of aromatic carboxylic acids is 1. The summed E-state index contributed by atoms with van der Waals surface area (Å²) >= 11 is 0. The Morgan fingerprint density at radius 3 is 2.69 bits per heavy atom. The van der Waals surface area contributed by atoms with Crippen LogP contribution in [0.4, 0.5) is 0 Å². The summed E-state index contributed by atoms with van der Waals surface area (Å²) < 4.78 is 5.35. The lowest BCUT2D eigenvalue weighted by molar-refractivity contribution is -0.128. The highest BCUT2D eigenvalue weighted by Crippen LogP contribution is 2.32. The van der Waals surface area contributed by atoms with Crippen LogP contribution in [0.1, 0.15) is 48.0 Å². The van der Waals surface area contributed by atoms with Crippen molar-refractivity contribution in [3.63, 3.8) is 0 Å². The number of hydrogen-bond donors (Lipinski definition) is 5. The lowest BCUT2D eigenvalue weighted by Gasteiger charge is -2.35. The molecular formula is C17H23BN2O6. The number of carboxylic acids is 1. The van der Waals surface area contributed by atoms with Crippen molar-refractivity contribution in [3.8, 4) is 5.75 Å². The van der Waals surface area contributed by atoms with Gasteiger partial charge in [0.25, 0.3) is 0 Å². The maximum absolute atomic E-state index is 12.3. The summed E-state index contributed by atoms with van der Waals surface area (Å²) in [6.45, 7) is 0. The average Bonchev–Trinajstić information content (AvgIpc) is 2.57. The number of hydrogen-bond acceptors (Lipinski definition) is 6. The van der Waals surface area contributed by atoms with Gasteiger partial charge in [-0.05, 0) is 43.7 Å². The van der Waals surface area contributed by atoms with Gasteiger partial charge in [-0.15, -0.1) is 0 Å². The second-order valence-electron chi connectivity index (χ2n) is 7.22. The van der Waals surface area contributed by atoms with Crippen molar-refractivity contribution in [3.05, 3.63) is 29.3 Å². The predicted molar refractivity (Wildman–Crippen MR) is 93.6 cm³/mol. The molecule has 0 spiro atoms. The summed E-state index contributed by atoms with van der Waals surface area (Å²) in [7, 11) is -1.36. The molecule has 140 valence electrons. The molecule has 0 aromatic heterocycles. The third-order valence-corrected chi connectivity index (χ3v) is 5.15. The van der Waals surface area contributed by atoms with Crippen LogP contribution in [-0.2, 0) is 11.2 Å². The van der Waals surface area contributed by atoms with Gasteiger partial charge in [-0.1, -0.05) is 12.1 Å². The van der Waals surface area contributed by atoms with E-state index < -0.39 is 24.6 Å². The normalized spacial score (nSPS) is 28.0. The minimum atomic E-state index is -1.36. The average molecular weight is 362 g/mol. The number of carbonyl (C=O) groups excluding carboxylic acids is 1. The molecule has 6 N–H and O–H groups in total. The number of para-hydroxylation sites is 1. The lowest BCUT2D eigenvalue weighted by Crippen LogP contribution is -2.54. The molecule has 1 heterocycles. The molecule has 26 heavy (non-hydrogen) atoms. The number of nitrogens with one attached hydrogen (secondary N) is 1. The van der Waals surface area contributed by atoms with Gasteiger partial charge in [-0.25, -0.2) is 4.79 Å². The number of nitrogens with two attached hydrogens (primary N) is 1. The van der Waals surface area contributed by atoms with Crippen molar-refractivity contribution in [1.29, 1.82) is 0 Å². The van der Waals surface area contributed by atoms with E-state index in [1.54, 1.807) is 12.1 Å². The summed E-state index contributed by atoms with van der Waals surface area (Å²) in [5.74, 6) is -2.12. The standard InChI is InChI=1S/C17H23BN2O6/c19-11-4-6-17(24,7-5-11)9-14(21)20-13-8-10-2-1-3-12(16(22)23)15(10)26-18(13)25/h1-3,11,13,24-25H,4-9,19H2,(H,20,21)(H,22,23)/t11?,13-,17?/m0/s1. The first-order chi connectivity index (χ1) is 12.3. The monoisotopic (exact) mass is 362 g/mol. The molecule has 1 saturated carbocycles. The van der Waals surface area contributed by atoms with Crippen molar-refractivity contribution in [2.75, 3.05) is 0 Å². The molecule has 0 bridgehead atoms. The van der Waals surface area contributed by atoms with Crippen molar-refractivity contribution >= 4 is 19.0 Å². The Labute approximate surface area is 151 Å². The Morgan fingerprint density at radius 1 is 1.35 bits per heavy atom. The van der Waals surface area contributed by atoms with Gasteiger partial charge in [-0.3, -0.25) is 4.79 Å². The number of rotatable bonds is 4. The topological polar surface area (TPSA) is 142 Å². The molecule has 1 amide bonds. The minimum absolute atomic E-state index is 0.0285. The van der Waals surface area contributed by atoms with E-state index in [0.29, 0.717) is 31.2 Å². The van der Waals surface area contributed by atoms with Crippen molar-refractivity contribution in [2.45, 2.75) is 56.1 Å². The number of amides is 1. The third-order valence-electron chi connectivity index (χ3n) is 5.15. The van der Waals surface area contributed by atoms with E-state index in [0.717, 1.165) is 0 Å². The first kappa shape index (κ1) is 18.7. The molecule has 1 aromatic rings. The van der Waals surface area contributed by atoms with Crippen LogP contribution in [0.2, 0.25) is 0 Å². The van der Waals surface area contributed by atoms with E-state index in [4.69, 9.17) is 10.4 Å². The van der Waals surface area contributed by atoms with Crippen LogP contribution in [0.3, 0.4) is 0 Å². The largest absolute Gasteiger partial charge is 0.547 e. The number of carboxylic acid groups (broad SMARTS) is 1. The van der Waals surface area contributed by atoms with Gasteiger partial charge in [0.05, 0.1) is 23.5 Å². The van der Waals surface area contributed by atoms with Gasteiger partial charge in [0.15, 0.2) is 0 Å². The van der Waals surface area contributed by atoms with E-state index >= 15 is 0 Å². The molecule has 8 nitrogen and oxygen atoms in total. The smallest absolute Gasteiger partial charge is 0.534 e. The summed E-state index contributed by atoms with van der Waals surface area (Å²) in [6.07, 6.45) is 2.46. The highest BCUT2D eigenvalue weighted by atomic mass is 16.5. The van der Waals surface area contributed by atoms with Crippen LogP contribution in [-0.4, -0.2) is 51.8 Å². The van der Waals surface area contributed by atoms with Gasteiger partial charge in [0.2, 0.25) is 5.91 Å². The number of carbonyl (C=O) groups is 2. The SMILES string of the molecule is NC1CCC(O)(CC(=O)N[C@H]2Cc3cccc(C(=O)O)c3OB2O)CC1. The Hall–Kier alpha value is -2.10. The molecule has 1 aromatic carbocycles. The van der Waals surface area contributed by atoms with Crippen LogP contribution < -0.4 is 15.7 Å². The fourth-order valence-electron chi connectivity index (χ4n) is 3.63. The maximum atomic E-state index is 12.3. The lowest BCUT2D eigenvalue weighted by atomic mass is 9.72. The summed E-state index contributed by atoms with van der Waals surface area (Å²) in [6, 6.07) is 4.75. The first-order valence-electron chi connectivity index (χ1n) is 8.75. The van der Waals surface area contributed by atoms with Crippen LogP contribution in [0.25, 0.3) is 0 Å². The molecule has 2 aliphatic rings. The molecule has 0 saturated heterocycles. The second kappa shape index (κ2) is 7.26. The zero-order valence-electron chi connectivity index (χ0n) is 14.4. The van der Waals surface area contributed by atoms with Gasteiger partial charge in [0, 0.05) is 6.04 Å². The molecule has 3 rings (SSSR count).